The average molecular weight is 292 g/mol. The van der Waals surface area contributed by atoms with E-state index in [1.165, 1.54) is 30.1 Å². The van der Waals surface area contributed by atoms with Gasteiger partial charge in [-0.05, 0) is 30.3 Å². The van der Waals surface area contributed by atoms with Gasteiger partial charge >= 0.3 is 0 Å². The number of carbonyl (C=O) groups excluding carboxylic acids is 1. The fourth-order valence-corrected chi connectivity index (χ4v) is 2.39. The van der Waals surface area contributed by atoms with Crippen molar-refractivity contribution in [3.63, 3.8) is 0 Å². The van der Waals surface area contributed by atoms with E-state index in [1.807, 2.05) is 5.43 Å². The van der Waals surface area contributed by atoms with E-state index in [9.17, 15) is 9.18 Å². The summed E-state index contributed by atoms with van der Waals surface area (Å²) >= 11 is 1.45. The normalized spacial score (nSPS) is 10.3. The molecule has 1 amide bonds. The Morgan fingerprint density at radius 2 is 2.15 bits per heavy atom. The second kappa shape index (κ2) is 6.36. The molecular formula is C13H13FN4OS. The van der Waals surface area contributed by atoms with E-state index in [0.29, 0.717) is 17.0 Å². The molecule has 5 nitrogen and oxygen atoms in total. The molecule has 5 N–H and O–H groups in total. The van der Waals surface area contributed by atoms with Crippen molar-refractivity contribution < 1.29 is 9.18 Å². The molecule has 1 aromatic carbocycles. The summed E-state index contributed by atoms with van der Waals surface area (Å²) in [4.78, 5) is 16.2. The predicted octanol–water partition coefficient (Wildman–Crippen LogP) is 1.70. The zero-order valence-electron chi connectivity index (χ0n) is 10.5. The van der Waals surface area contributed by atoms with Crippen LogP contribution in [0, 0.1) is 5.82 Å². The molecule has 0 radical (unpaired) electrons. The van der Waals surface area contributed by atoms with Gasteiger partial charge in [0, 0.05) is 22.5 Å². The van der Waals surface area contributed by atoms with Gasteiger partial charge in [-0.25, -0.2) is 10.2 Å². The Balaban J connectivity index is 2.02. The summed E-state index contributed by atoms with van der Waals surface area (Å²) in [7, 11) is 0. The number of anilines is 1. The summed E-state index contributed by atoms with van der Waals surface area (Å²) < 4.78 is 12.9. The molecule has 0 atom stereocenters. The molecule has 0 aliphatic rings. The molecule has 0 fully saturated rings. The average Bonchev–Trinajstić information content (AvgIpc) is 2.46. The van der Waals surface area contributed by atoms with Crippen LogP contribution in [0.2, 0.25) is 0 Å². The highest BCUT2D eigenvalue weighted by Crippen LogP contribution is 2.28. The second-order valence-electron chi connectivity index (χ2n) is 3.98. The molecule has 0 bridgehead atoms. The zero-order valence-corrected chi connectivity index (χ0v) is 11.3. The maximum atomic E-state index is 12.9. The number of hydrogen-bond acceptors (Lipinski definition) is 5. The monoisotopic (exact) mass is 292 g/mol. The maximum Gasteiger partial charge on any atom is 0.266 e. The van der Waals surface area contributed by atoms with Crippen LogP contribution >= 0.6 is 11.8 Å². The second-order valence-corrected chi connectivity index (χ2v) is 5.00. The van der Waals surface area contributed by atoms with Crippen LogP contribution in [0.5, 0.6) is 0 Å². The number of thioether (sulfide) groups is 1. The summed E-state index contributed by atoms with van der Waals surface area (Å²) in [5.41, 5.74) is 9.33. The Morgan fingerprint density at radius 3 is 2.75 bits per heavy atom. The molecule has 1 aromatic heterocycles. The minimum Gasteiger partial charge on any atom is -0.398 e. The van der Waals surface area contributed by atoms with Gasteiger partial charge in [-0.3, -0.25) is 15.2 Å². The van der Waals surface area contributed by atoms with Gasteiger partial charge in [0.25, 0.3) is 5.91 Å². The van der Waals surface area contributed by atoms with Gasteiger partial charge in [0.05, 0.1) is 11.3 Å². The maximum absolute atomic E-state index is 12.9. The van der Waals surface area contributed by atoms with Crippen molar-refractivity contribution in [3.8, 4) is 0 Å². The minimum atomic E-state index is -0.389. The third kappa shape index (κ3) is 3.46. The molecular weight excluding hydrogens is 279 g/mol. The minimum absolute atomic E-state index is 0.359. The predicted molar refractivity (Wildman–Crippen MR) is 76.3 cm³/mol. The van der Waals surface area contributed by atoms with Crippen LogP contribution in [-0.4, -0.2) is 10.9 Å². The first kappa shape index (κ1) is 14.3. The highest BCUT2D eigenvalue weighted by atomic mass is 32.2. The van der Waals surface area contributed by atoms with Crippen molar-refractivity contribution in [1.29, 1.82) is 0 Å². The van der Waals surface area contributed by atoms with Crippen LogP contribution in [0.3, 0.4) is 0 Å². The van der Waals surface area contributed by atoms with Crippen molar-refractivity contribution in [2.24, 2.45) is 5.84 Å². The van der Waals surface area contributed by atoms with Crippen LogP contribution in [0.1, 0.15) is 16.1 Å². The first-order valence-corrected chi connectivity index (χ1v) is 6.72. The number of rotatable bonds is 4. The molecule has 0 saturated heterocycles. The molecule has 7 heteroatoms. The lowest BCUT2D eigenvalue weighted by Gasteiger charge is -2.05. The van der Waals surface area contributed by atoms with Gasteiger partial charge in [-0.15, -0.1) is 11.8 Å². The Kier molecular flexibility index (Phi) is 4.54. The Bertz CT molecular complexity index is 618. The van der Waals surface area contributed by atoms with E-state index < -0.39 is 0 Å². The first-order valence-electron chi connectivity index (χ1n) is 5.74. The lowest BCUT2D eigenvalue weighted by Crippen LogP contribution is -2.30. The van der Waals surface area contributed by atoms with E-state index in [1.54, 1.807) is 18.2 Å². The zero-order chi connectivity index (χ0) is 14.5. The van der Waals surface area contributed by atoms with Gasteiger partial charge in [0.15, 0.2) is 0 Å². The number of nitrogens with zero attached hydrogens (tertiary/aromatic N) is 1. The highest BCUT2D eigenvalue weighted by Gasteiger charge is 2.06. The summed E-state index contributed by atoms with van der Waals surface area (Å²) in [5, 5.41) is 0. The number of nitrogens with one attached hydrogen (secondary N) is 1. The SMILES string of the molecule is NNC(=O)c1ccc(CSc2ccc(F)cc2N)nc1. The summed E-state index contributed by atoms with van der Waals surface area (Å²) in [5.74, 6) is 4.85. The van der Waals surface area contributed by atoms with Crippen molar-refractivity contribution in [2.75, 3.05) is 5.73 Å². The van der Waals surface area contributed by atoms with Gasteiger partial charge in [-0.2, -0.15) is 0 Å². The van der Waals surface area contributed by atoms with Crippen LogP contribution in [0.4, 0.5) is 10.1 Å². The number of nitrogens with two attached hydrogens (primary N) is 2. The number of carbonyl (C=O) groups is 1. The van der Waals surface area contributed by atoms with Gasteiger partial charge in [0.2, 0.25) is 0 Å². The summed E-state index contributed by atoms with van der Waals surface area (Å²) in [6.07, 6.45) is 1.45. The fraction of sp³-hybridized carbons (Fsp3) is 0.0769. The molecule has 0 spiro atoms. The number of amides is 1. The van der Waals surface area contributed by atoms with Crippen molar-refractivity contribution in [3.05, 3.63) is 53.6 Å². The van der Waals surface area contributed by atoms with Crippen LogP contribution in [0.15, 0.2) is 41.4 Å². The van der Waals surface area contributed by atoms with E-state index in [4.69, 9.17) is 11.6 Å². The number of aromatic nitrogens is 1. The molecule has 104 valence electrons. The van der Waals surface area contributed by atoms with E-state index in [2.05, 4.69) is 4.98 Å². The number of hydrazine groups is 1. The van der Waals surface area contributed by atoms with E-state index >= 15 is 0 Å². The smallest absolute Gasteiger partial charge is 0.266 e. The molecule has 0 aliphatic heterocycles. The largest absolute Gasteiger partial charge is 0.398 e. The number of hydrogen-bond donors (Lipinski definition) is 3. The third-order valence-corrected chi connectivity index (χ3v) is 3.69. The number of nitrogen functional groups attached to an aromatic ring is 2. The number of benzene rings is 1. The Labute approximate surface area is 119 Å². The van der Waals surface area contributed by atoms with Crippen molar-refractivity contribution in [2.45, 2.75) is 10.6 Å². The molecule has 1 heterocycles. The fourth-order valence-electron chi connectivity index (χ4n) is 1.53. The van der Waals surface area contributed by atoms with Gasteiger partial charge in [-0.1, -0.05) is 0 Å². The molecule has 0 unspecified atom stereocenters. The molecule has 2 aromatic rings. The molecule has 20 heavy (non-hydrogen) atoms. The molecule has 0 saturated carbocycles. The van der Waals surface area contributed by atoms with Crippen LogP contribution < -0.4 is 17.0 Å². The summed E-state index contributed by atoms with van der Waals surface area (Å²) in [6.45, 7) is 0. The lowest BCUT2D eigenvalue weighted by molar-refractivity contribution is 0.0953. The Morgan fingerprint density at radius 1 is 1.35 bits per heavy atom. The highest BCUT2D eigenvalue weighted by molar-refractivity contribution is 7.98. The standard InChI is InChI=1S/C13H13FN4OS/c14-9-2-4-12(11(15)5-9)20-7-10-3-1-8(6-17-10)13(19)18-16/h1-6H,7,15-16H2,(H,18,19). The Hall–Kier alpha value is -2.12. The quantitative estimate of drug-likeness (QED) is 0.262. The first-order chi connectivity index (χ1) is 9.60. The summed E-state index contributed by atoms with van der Waals surface area (Å²) in [6, 6.07) is 7.65. The van der Waals surface area contributed by atoms with Crippen molar-refractivity contribution in [1.82, 2.24) is 10.4 Å². The van der Waals surface area contributed by atoms with E-state index in [0.717, 1.165) is 10.6 Å². The molecule has 0 aliphatic carbocycles. The molecule has 2 rings (SSSR count). The van der Waals surface area contributed by atoms with Crippen LogP contribution in [0.25, 0.3) is 0 Å². The number of halogens is 1. The van der Waals surface area contributed by atoms with Gasteiger partial charge in [0.1, 0.15) is 5.82 Å². The van der Waals surface area contributed by atoms with Crippen molar-refractivity contribution >= 4 is 23.4 Å². The van der Waals surface area contributed by atoms with Gasteiger partial charge < -0.3 is 5.73 Å². The third-order valence-electron chi connectivity index (χ3n) is 2.57. The van der Waals surface area contributed by atoms with Crippen LogP contribution in [-0.2, 0) is 5.75 Å². The topological polar surface area (TPSA) is 94.0 Å². The lowest BCUT2D eigenvalue weighted by atomic mass is 10.2. The number of pyridine rings is 1. The van der Waals surface area contributed by atoms with E-state index in [-0.39, 0.29) is 11.7 Å².